The Labute approximate surface area is 193 Å². The Morgan fingerprint density at radius 2 is 1.84 bits per heavy atom. The number of hydrogen-bond donors (Lipinski definition) is 0. The normalized spacial score (nSPS) is 21.3. The van der Waals surface area contributed by atoms with Crippen molar-refractivity contribution < 1.29 is 9.53 Å². The van der Waals surface area contributed by atoms with E-state index in [0.29, 0.717) is 12.6 Å². The lowest BCUT2D eigenvalue weighted by Gasteiger charge is -2.51. The summed E-state index contributed by atoms with van der Waals surface area (Å²) < 4.78 is 7.84. The average Bonchev–Trinajstić information content (AvgIpc) is 3.12. The molecule has 1 aromatic carbocycles. The third-order valence-corrected chi connectivity index (χ3v) is 6.62. The lowest BCUT2D eigenvalue weighted by molar-refractivity contribution is -0.0439. The summed E-state index contributed by atoms with van der Waals surface area (Å²) in [5.41, 5.74) is 3.67. The third-order valence-electron chi connectivity index (χ3n) is 6.37. The monoisotopic (exact) mass is 452 g/mol. The van der Waals surface area contributed by atoms with Crippen molar-refractivity contribution in [3.8, 4) is 11.3 Å². The molecule has 2 bridgehead atoms. The highest BCUT2D eigenvalue weighted by Gasteiger charge is 2.42. The van der Waals surface area contributed by atoms with E-state index in [-0.39, 0.29) is 12.1 Å². The molecule has 3 saturated heterocycles. The van der Waals surface area contributed by atoms with Crippen LogP contribution < -0.4 is 0 Å². The first-order valence-corrected chi connectivity index (χ1v) is 11.6. The van der Waals surface area contributed by atoms with E-state index in [1.54, 1.807) is 0 Å². The fourth-order valence-electron chi connectivity index (χ4n) is 4.88. The first-order valence-electron chi connectivity index (χ1n) is 11.2. The van der Waals surface area contributed by atoms with Gasteiger partial charge in [-0.05, 0) is 57.9 Å². The number of carbonyl (C=O) groups is 1. The molecule has 5 heterocycles. The van der Waals surface area contributed by atoms with Crippen molar-refractivity contribution in [1.82, 2.24) is 19.2 Å². The molecule has 7 heteroatoms. The van der Waals surface area contributed by atoms with E-state index in [1.807, 2.05) is 68.1 Å². The predicted octanol–water partition coefficient (Wildman–Crippen LogP) is 5.24. The van der Waals surface area contributed by atoms with Crippen LogP contribution in [0, 0.1) is 0 Å². The average molecular weight is 453 g/mol. The highest BCUT2D eigenvalue weighted by molar-refractivity contribution is 6.30. The number of carbonyl (C=O) groups excluding carboxylic acids is 1. The van der Waals surface area contributed by atoms with Gasteiger partial charge in [-0.2, -0.15) is 0 Å². The van der Waals surface area contributed by atoms with E-state index in [9.17, 15) is 4.79 Å². The molecule has 168 valence electrons. The first-order chi connectivity index (χ1) is 15.3. The van der Waals surface area contributed by atoms with Crippen LogP contribution in [0.5, 0.6) is 0 Å². The second-order valence-electron chi connectivity index (χ2n) is 9.79. The number of pyridine rings is 1. The molecule has 2 aromatic heterocycles. The van der Waals surface area contributed by atoms with Crippen LogP contribution in [-0.2, 0) is 11.3 Å². The maximum absolute atomic E-state index is 12.7. The molecule has 1 amide bonds. The Morgan fingerprint density at radius 1 is 1.09 bits per heavy atom. The lowest BCUT2D eigenvalue weighted by atomic mass is 9.91. The van der Waals surface area contributed by atoms with Crippen molar-refractivity contribution in [1.29, 1.82) is 0 Å². The number of rotatable bonds is 3. The van der Waals surface area contributed by atoms with Crippen LogP contribution in [0.25, 0.3) is 16.9 Å². The molecule has 6 rings (SSSR count). The summed E-state index contributed by atoms with van der Waals surface area (Å²) in [4.78, 5) is 22.1. The van der Waals surface area contributed by atoms with Crippen LogP contribution in [0.15, 0.2) is 48.7 Å². The Kier molecular flexibility index (Phi) is 5.38. The van der Waals surface area contributed by atoms with Gasteiger partial charge in [0.05, 0.1) is 11.4 Å². The second-order valence-corrected chi connectivity index (χ2v) is 10.2. The number of ether oxygens (including phenoxy) is 1. The number of amides is 1. The molecule has 0 aliphatic carbocycles. The second kappa shape index (κ2) is 8.09. The molecule has 6 nitrogen and oxygen atoms in total. The predicted molar refractivity (Wildman–Crippen MR) is 126 cm³/mol. The van der Waals surface area contributed by atoms with Gasteiger partial charge in [-0.1, -0.05) is 29.8 Å². The molecular formula is C25H29ClN4O2. The van der Waals surface area contributed by atoms with Gasteiger partial charge in [-0.15, -0.1) is 0 Å². The molecule has 3 fully saturated rings. The Bertz CT molecular complexity index is 1140. The molecule has 3 aliphatic heterocycles. The minimum Gasteiger partial charge on any atom is -0.444 e. The molecule has 32 heavy (non-hydrogen) atoms. The maximum atomic E-state index is 12.7. The summed E-state index contributed by atoms with van der Waals surface area (Å²) in [6.45, 7) is 8.11. The molecule has 3 aliphatic rings. The number of fused-ring (bicyclic) bond motifs is 4. The van der Waals surface area contributed by atoms with Crippen LogP contribution in [-0.4, -0.2) is 56.1 Å². The fourth-order valence-corrected chi connectivity index (χ4v) is 5.01. The molecule has 0 N–H and O–H groups in total. The Balaban J connectivity index is 1.42. The molecule has 2 unspecified atom stereocenters. The van der Waals surface area contributed by atoms with Gasteiger partial charge < -0.3 is 14.0 Å². The summed E-state index contributed by atoms with van der Waals surface area (Å²) in [6, 6.07) is 14.5. The van der Waals surface area contributed by atoms with Gasteiger partial charge >= 0.3 is 6.09 Å². The van der Waals surface area contributed by atoms with Crippen LogP contribution in [0.3, 0.4) is 0 Å². The summed E-state index contributed by atoms with van der Waals surface area (Å²) in [6.07, 6.45) is 4.00. The molecule has 0 spiro atoms. The third kappa shape index (κ3) is 4.09. The quantitative estimate of drug-likeness (QED) is 0.545. The number of nitrogens with zero attached hydrogens (tertiary/aromatic N) is 4. The standard InChI is InChI=1S/C25H29ClN4O2/c1-25(2,3)32-24(31)30-15-19-11-12-20(30)14-28(19)16-21-23(17-7-9-18(26)10-8-17)27-22-6-4-5-13-29(21)22/h4-10,13,19-20H,11-12,14-16H2,1-3H3. The van der Waals surface area contributed by atoms with E-state index >= 15 is 0 Å². The minimum absolute atomic E-state index is 0.188. The molecule has 2 atom stereocenters. The summed E-state index contributed by atoms with van der Waals surface area (Å²) >= 11 is 6.12. The van der Waals surface area contributed by atoms with Crippen molar-refractivity contribution >= 4 is 23.3 Å². The number of hydrogen-bond acceptors (Lipinski definition) is 4. The van der Waals surface area contributed by atoms with E-state index in [4.69, 9.17) is 21.3 Å². The van der Waals surface area contributed by atoms with Gasteiger partial charge in [0.2, 0.25) is 0 Å². The highest BCUT2D eigenvalue weighted by atomic mass is 35.5. The van der Waals surface area contributed by atoms with Crippen molar-refractivity contribution in [3.63, 3.8) is 0 Å². The zero-order valence-corrected chi connectivity index (χ0v) is 19.5. The zero-order valence-electron chi connectivity index (χ0n) is 18.8. The number of imidazole rings is 1. The van der Waals surface area contributed by atoms with E-state index in [2.05, 4.69) is 15.5 Å². The van der Waals surface area contributed by atoms with Crippen molar-refractivity contribution in [2.24, 2.45) is 0 Å². The number of piperidine rings is 2. The van der Waals surface area contributed by atoms with Gasteiger partial charge in [0.25, 0.3) is 0 Å². The van der Waals surface area contributed by atoms with Gasteiger partial charge in [-0.3, -0.25) is 4.90 Å². The van der Waals surface area contributed by atoms with Crippen molar-refractivity contribution in [2.75, 3.05) is 13.1 Å². The fraction of sp³-hybridized carbons (Fsp3) is 0.440. The van der Waals surface area contributed by atoms with E-state index < -0.39 is 5.60 Å². The van der Waals surface area contributed by atoms with E-state index in [0.717, 1.165) is 47.9 Å². The largest absolute Gasteiger partial charge is 0.444 e. The van der Waals surface area contributed by atoms with Gasteiger partial charge in [0.1, 0.15) is 11.2 Å². The van der Waals surface area contributed by atoms with Gasteiger partial charge in [0, 0.05) is 48.5 Å². The SMILES string of the molecule is CC(C)(C)OC(=O)N1CC2CCC1CN2Cc1c(-c2ccc(Cl)cc2)nc2ccccn12. The number of aromatic nitrogens is 2. The maximum Gasteiger partial charge on any atom is 0.410 e. The summed E-state index contributed by atoms with van der Waals surface area (Å²) in [5.74, 6) is 0. The smallest absolute Gasteiger partial charge is 0.410 e. The minimum atomic E-state index is -0.475. The first kappa shape index (κ1) is 21.3. The number of piperazine rings is 1. The van der Waals surface area contributed by atoms with Crippen LogP contribution >= 0.6 is 11.6 Å². The van der Waals surface area contributed by atoms with Crippen LogP contribution in [0.1, 0.15) is 39.3 Å². The number of benzene rings is 1. The lowest BCUT2D eigenvalue weighted by Crippen LogP contribution is -2.64. The van der Waals surface area contributed by atoms with E-state index in [1.165, 1.54) is 5.69 Å². The summed E-state index contributed by atoms with van der Waals surface area (Å²) in [7, 11) is 0. The molecule has 0 radical (unpaired) electrons. The molecule has 3 aromatic rings. The molecule has 0 saturated carbocycles. The van der Waals surface area contributed by atoms with Gasteiger partial charge in [0.15, 0.2) is 0 Å². The molecular weight excluding hydrogens is 424 g/mol. The van der Waals surface area contributed by atoms with Crippen molar-refractivity contribution in [2.45, 2.75) is 57.8 Å². The highest BCUT2D eigenvalue weighted by Crippen LogP contribution is 2.33. The summed E-state index contributed by atoms with van der Waals surface area (Å²) in [5, 5.41) is 0.717. The van der Waals surface area contributed by atoms with Crippen LogP contribution in [0.2, 0.25) is 5.02 Å². The number of halogens is 1. The Hall–Kier alpha value is -2.57. The van der Waals surface area contributed by atoms with Gasteiger partial charge in [-0.25, -0.2) is 9.78 Å². The van der Waals surface area contributed by atoms with Crippen LogP contribution in [0.4, 0.5) is 4.79 Å². The Morgan fingerprint density at radius 3 is 2.53 bits per heavy atom. The van der Waals surface area contributed by atoms with Crippen molar-refractivity contribution in [3.05, 3.63) is 59.4 Å². The topological polar surface area (TPSA) is 50.1 Å². The zero-order chi connectivity index (χ0) is 22.5.